The van der Waals surface area contributed by atoms with E-state index in [1.807, 2.05) is 18.3 Å². The van der Waals surface area contributed by atoms with Crippen molar-refractivity contribution < 1.29 is 9.18 Å². The van der Waals surface area contributed by atoms with Gasteiger partial charge in [-0.3, -0.25) is 4.79 Å². The molecule has 1 amide bonds. The number of aromatic nitrogens is 2. The maximum atomic E-state index is 14.0. The molecule has 0 bridgehead atoms. The van der Waals surface area contributed by atoms with Gasteiger partial charge in [-0.05, 0) is 49.8 Å². The molecule has 0 spiro atoms. The van der Waals surface area contributed by atoms with E-state index in [9.17, 15) is 9.18 Å². The topological polar surface area (TPSA) is 49.3 Å². The van der Waals surface area contributed by atoms with Crippen molar-refractivity contribution in [2.45, 2.75) is 33.1 Å². The molecule has 1 fully saturated rings. The Hall–Kier alpha value is -2.54. The third-order valence-corrected chi connectivity index (χ3v) is 7.37. The highest BCUT2D eigenvalue weighted by molar-refractivity contribution is 7.19. The number of aryl methyl sites for hydroxylation is 2. The molecule has 1 atom stereocenters. The summed E-state index contributed by atoms with van der Waals surface area (Å²) in [5.41, 5.74) is 1.57. The van der Waals surface area contributed by atoms with Gasteiger partial charge in [0.05, 0.1) is 10.9 Å². The number of benzene rings is 1. The predicted octanol–water partition coefficient (Wildman–Crippen LogP) is 4.23. The Labute approximate surface area is 179 Å². The summed E-state index contributed by atoms with van der Waals surface area (Å²) < 4.78 is 14.0. The number of anilines is 1. The van der Waals surface area contributed by atoms with Crippen molar-refractivity contribution in [1.29, 1.82) is 0 Å². The van der Waals surface area contributed by atoms with Crippen molar-refractivity contribution in [3.8, 4) is 0 Å². The van der Waals surface area contributed by atoms with E-state index in [4.69, 9.17) is 9.97 Å². The van der Waals surface area contributed by atoms with Gasteiger partial charge in [-0.15, -0.1) is 11.3 Å². The number of hydrogen-bond acceptors (Lipinski definition) is 5. The second kappa shape index (κ2) is 7.61. The number of halogens is 1. The molecule has 2 aliphatic rings. The molecule has 156 valence electrons. The lowest BCUT2D eigenvalue weighted by atomic mass is 9.89. The van der Waals surface area contributed by atoms with E-state index < -0.39 is 5.82 Å². The number of piperazine rings is 1. The number of hydrogen-bond donors (Lipinski definition) is 0. The molecule has 30 heavy (non-hydrogen) atoms. The zero-order valence-electron chi connectivity index (χ0n) is 17.3. The van der Waals surface area contributed by atoms with Gasteiger partial charge in [0, 0.05) is 31.1 Å². The maximum absolute atomic E-state index is 14.0. The molecule has 7 heteroatoms. The number of rotatable bonds is 2. The van der Waals surface area contributed by atoms with Gasteiger partial charge < -0.3 is 9.80 Å². The standard InChI is InChI=1S/C23H25FN4OS/c1-14-7-8-17-19(13-14)30-22-20(17)21(25-15(2)26-22)27-9-11-28(12-10-27)23(29)16-5-3-4-6-18(16)24/h3-6,14H,7-13H2,1-2H3/t14-/m1/s1. The quantitative estimate of drug-likeness (QED) is 0.618. The first kappa shape index (κ1) is 19.4. The van der Waals surface area contributed by atoms with Crippen molar-refractivity contribution >= 4 is 33.3 Å². The minimum absolute atomic E-state index is 0.146. The number of fused-ring (bicyclic) bond motifs is 3. The van der Waals surface area contributed by atoms with Crippen LogP contribution in [0, 0.1) is 18.7 Å². The summed E-state index contributed by atoms with van der Waals surface area (Å²) in [6.07, 6.45) is 3.42. The Bertz CT molecular complexity index is 1120. The highest BCUT2D eigenvalue weighted by atomic mass is 32.1. The largest absolute Gasteiger partial charge is 0.352 e. The Morgan fingerprint density at radius 3 is 2.70 bits per heavy atom. The lowest BCUT2D eigenvalue weighted by Gasteiger charge is -2.36. The van der Waals surface area contributed by atoms with Crippen molar-refractivity contribution in [3.05, 3.63) is 51.9 Å². The predicted molar refractivity (Wildman–Crippen MR) is 118 cm³/mol. The van der Waals surface area contributed by atoms with Crippen LogP contribution in [0.5, 0.6) is 0 Å². The van der Waals surface area contributed by atoms with Gasteiger partial charge in [0.2, 0.25) is 0 Å². The highest BCUT2D eigenvalue weighted by Crippen LogP contribution is 2.41. The van der Waals surface area contributed by atoms with Crippen LogP contribution in [0.4, 0.5) is 10.2 Å². The first-order valence-electron chi connectivity index (χ1n) is 10.6. The van der Waals surface area contributed by atoms with Crippen LogP contribution in [-0.4, -0.2) is 47.0 Å². The van der Waals surface area contributed by atoms with E-state index in [1.165, 1.54) is 28.3 Å². The molecule has 0 N–H and O–H groups in total. The van der Waals surface area contributed by atoms with Crippen molar-refractivity contribution in [3.63, 3.8) is 0 Å². The fraction of sp³-hybridized carbons (Fsp3) is 0.435. The van der Waals surface area contributed by atoms with E-state index in [1.54, 1.807) is 23.1 Å². The van der Waals surface area contributed by atoms with Crippen LogP contribution in [0.3, 0.4) is 0 Å². The minimum Gasteiger partial charge on any atom is -0.352 e. The molecule has 3 aromatic rings. The summed E-state index contributed by atoms with van der Waals surface area (Å²) in [5.74, 6) is 1.81. The van der Waals surface area contributed by atoms with Crippen LogP contribution in [-0.2, 0) is 12.8 Å². The smallest absolute Gasteiger partial charge is 0.256 e. The van der Waals surface area contributed by atoms with E-state index in [0.717, 1.165) is 35.2 Å². The Balaban J connectivity index is 1.41. The number of amides is 1. The van der Waals surface area contributed by atoms with Gasteiger partial charge in [0.1, 0.15) is 22.3 Å². The summed E-state index contributed by atoms with van der Waals surface area (Å²) in [7, 11) is 0. The van der Waals surface area contributed by atoms with E-state index >= 15 is 0 Å². The fourth-order valence-corrected chi connectivity index (χ4v) is 6.00. The summed E-state index contributed by atoms with van der Waals surface area (Å²) >= 11 is 1.82. The van der Waals surface area contributed by atoms with Crippen LogP contribution >= 0.6 is 11.3 Å². The molecule has 1 aliphatic heterocycles. The Morgan fingerprint density at radius 1 is 1.17 bits per heavy atom. The second-order valence-electron chi connectivity index (χ2n) is 8.39. The molecule has 2 aromatic heterocycles. The van der Waals surface area contributed by atoms with E-state index in [-0.39, 0.29) is 11.5 Å². The molecule has 0 unspecified atom stereocenters. The first-order valence-corrected chi connectivity index (χ1v) is 11.4. The SMILES string of the molecule is Cc1nc(N2CCN(C(=O)c3ccccc3F)CC2)c2c3c(sc2n1)C[C@H](C)CC3. The average Bonchev–Trinajstić information content (AvgIpc) is 3.10. The summed E-state index contributed by atoms with van der Waals surface area (Å²) in [5, 5.41) is 1.21. The molecule has 1 saturated heterocycles. The molecule has 5 nitrogen and oxygen atoms in total. The molecular weight excluding hydrogens is 399 g/mol. The normalized spacial score (nSPS) is 19.2. The summed E-state index contributed by atoms with van der Waals surface area (Å²) in [6, 6.07) is 6.20. The molecule has 1 aromatic carbocycles. The van der Waals surface area contributed by atoms with Crippen molar-refractivity contribution in [1.82, 2.24) is 14.9 Å². The molecule has 0 saturated carbocycles. The third kappa shape index (κ3) is 3.35. The monoisotopic (exact) mass is 424 g/mol. The summed E-state index contributed by atoms with van der Waals surface area (Å²) in [6.45, 7) is 6.75. The fourth-order valence-electron chi connectivity index (χ4n) is 4.58. The van der Waals surface area contributed by atoms with Gasteiger partial charge in [-0.25, -0.2) is 14.4 Å². The zero-order chi connectivity index (χ0) is 20.8. The lowest BCUT2D eigenvalue weighted by Crippen LogP contribution is -2.49. The van der Waals surface area contributed by atoms with Crippen LogP contribution in [0.15, 0.2) is 24.3 Å². The Morgan fingerprint density at radius 2 is 1.93 bits per heavy atom. The van der Waals surface area contributed by atoms with E-state index in [0.29, 0.717) is 26.2 Å². The number of carbonyl (C=O) groups excluding carboxylic acids is 1. The molecule has 3 heterocycles. The van der Waals surface area contributed by atoms with Crippen molar-refractivity contribution in [2.75, 3.05) is 31.1 Å². The van der Waals surface area contributed by atoms with Crippen LogP contribution in [0.25, 0.3) is 10.2 Å². The molecule has 1 aliphatic carbocycles. The second-order valence-corrected chi connectivity index (χ2v) is 9.47. The lowest BCUT2D eigenvalue weighted by molar-refractivity contribution is 0.0742. The van der Waals surface area contributed by atoms with Crippen LogP contribution in [0.1, 0.15) is 40.0 Å². The molecule has 5 rings (SSSR count). The number of nitrogens with zero attached hydrogens (tertiary/aromatic N) is 4. The first-order chi connectivity index (χ1) is 14.5. The van der Waals surface area contributed by atoms with Crippen LogP contribution < -0.4 is 4.90 Å². The zero-order valence-corrected chi connectivity index (χ0v) is 18.1. The number of thiophene rings is 1. The summed E-state index contributed by atoms with van der Waals surface area (Å²) in [4.78, 5) is 28.9. The average molecular weight is 425 g/mol. The van der Waals surface area contributed by atoms with Gasteiger partial charge in [0.15, 0.2) is 0 Å². The number of carbonyl (C=O) groups is 1. The van der Waals surface area contributed by atoms with Gasteiger partial charge in [-0.1, -0.05) is 19.1 Å². The maximum Gasteiger partial charge on any atom is 0.256 e. The highest BCUT2D eigenvalue weighted by Gasteiger charge is 2.29. The minimum atomic E-state index is -0.461. The van der Waals surface area contributed by atoms with E-state index in [2.05, 4.69) is 11.8 Å². The third-order valence-electron chi connectivity index (χ3n) is 6.22. The van der Waals surface area contributed by atoms with Crippen molar-refractivity contribution in [2.24, 2.45) is 5.92 Å². The molecule has 0 radical (unpaired) electrons. The molecular formula is C23H25FN4OS. The Kier molecular flexibility index (Phi) is 4.93. The van der Waals surface area contributed by atoms with Gasteiger partial charge in [-0.2, -0.15) is 0 Å². The van der Waals surface area contributed by atoms with Crippen LogP contribution in [0.2, 0.25) is 0 Å². The van der Waals surface area contributed by atoms with Gasteiger partial charge in [0.25, 0.3) is 5.91 Å². The van der Waals surface area contributed by atoms with Gasteiger partial charge >= 0.3 is 0 Å².